The van der Waals surface area contributed by atoms with Gasteiger partial charge in [0.05, 0.1) is 0 Å². The number of benzene rings is 1. The Morgan fingerprint density at radius 1 is 1.00 bits per heavy atom. The minimum atomic E-state index is -0.00169. The highest BCUT2D eigenvalue weighted by molar-refractivity contribution is 5.99. The van der Waals surface area contributed by atoms with E-state index in [1.807, 2.05) is 13.8 Å². The summed E-state index contributed by atoms with van der Waals surface area (Å²) < 4.78 is 0. The zero-order chi connectivity index (χ0) is 10.7. The Hall–Kier alpha value is -1.44. The standard InChI is InChI=1S/C12H14O2/c1-8(2)12(14)11-6-4-10(5-7-11)9(3)13/h4-8H,1-3H3. The van der Waals surface area contributed by atoms with Crippen LogP contribution in [0, 0.1) is 5.92 Å². The maximum atomic E-state index is 11.5. The lowest BCUT2D eigenvalue weighted by Gasteiger charge is -2.04. The molecule has 0 heterocycles. The van der Waals surface area contributed by atoms with E-state index in [4.69, 9.17) is 0 Å². The normalized spacial score (nSPS) is 10.3. The fraction of sp³-hybridized carbons (Fsp3) is 0.333. The van der Waals surface area contributed by atoms with Gasteiger partial charge < -0.3 is 0 Å². The molecule has 0 N–H and O–H groups in total. The molecule has 0 fully saturated rings. The van der Waals surface area contributed by atoms with Gasteiger partial charge in [-0.05, 0) is 6.92 Å². The molecule has 14 heavy (non-hydrogen) atoms. The summed E-state index contributed by atoms with van der Waals surface area (Å²) in [6.07, 6.45) is 0. The molecule has 0 spiro atoms. The van der Waals surface area contributed by atoms with E-state index in [9.17, 15) is 9.59 Å². The van der Waals surface area contributed by atoms with Gasteiger partial charge in [0, 0.05) is 17.0 Å². The molecule has 2 nitrogen and oxygen atoms in total. The average Bonchev–Trinajstić information content (AvgIpc) is 2.16. The van der Waals surface area contributed by atoms with Crippen molar-refractivity contribution in [3.05, 3.63) is 35.4 Å². The molecule has 0 aliphatic rings. The molecule has 0 atom stereocenters. The van der Waals surface area contributed by atoms with Crippen LogP contribution in [-0.4, -0.2) is 11.6 Å². The third kappa shape index (κ3) is 2.28. The molecular weight excluding hydrogens is 176 g/mol. The number of carbonyl (C=O) groups is 2. The van der Waals surface area contributed by atoms with Gasteiger partial charge in [0.25, 0.3) is 0 Å². The third-order valence-corrected chi connectivity index (χ3v) is 2.10. The first kappa shape index (κ1) is 10.6. The van der Waals surface area contributed by atoms with Crippen molar-refractivity contribution in [2.24, 2.45) is 5.92 Å². The van der Waals surface area contributed by atoms with Crippen molar-refractivity contribution in [2.45, 2.75) is 20.8 Å². The maximum Gasteiger partial charge on any atom is 0.165 e. The van der Waals surface area contributed by atoms with Crippen LogP contribution in [0.15, 0.2) is 24.3 Å². The van der Waals surface area contributed by atoms with E-state index in [0.717, 1.165) is 0 Å². The summed E-state index contributed by atoms with van der Waals surface area (Å²) in [7, 11) is 0. The second kappa shape index (κ2) is 4.18. The van der Waals surface area contributed by atoms with Crippen LogP contribution in [0.3, 0.4) is 0 Å². The molecule has 0 aliphatic carbocycles. The van der Waals surface area contributed by atoms with Gasteiger partial charge >= 0.3 is 0 Å². The van der Waals surface area contributed by atoms with Crippen LogP contribution in [0.25, 0.3) is 0 Å². The Bertz CT molecular complexity index is 347. The first-order chi connectivity index (χ1) is 6.52. The minimum Gasteiger partial charge on any atom is -0.295 e. The lowest BCUT2D eigenvalue weighted by molar-refractivity contribution is 0.0937. The van der Waals surface area contributed by atoms with Crippen molar-refractivity contribution in [3.8, 4) is 0 Å². The van der Waals surface area contributed by atoms with Gasteiger partial charge in [0.2, 0.25) is 0 Å². The van der Waals surface area contributed by atoms with Gasteiger partial charge in [-0.25, -0.2) is 0 Å². The predicted molar refractivity (Wildman–Crippen MR) is 55.6 cm³/mol. The molecule has 0 radical (unpaired) electrons. The van der Waals surface area contributed by atoms with E-state index < -0.39 is 0 Å². The van der Waals surface area contributed by atoms with Gasteiger partial charge in [0.1, 0.15) is 0 Å². The second-order valence-electron chi connectivity index (χ2n) is 3.65. The first-order valence-electron chi connectivity index (χ1n) is 4.67. The zero-order valence-electron chi connectivity index (χ0n) is 8.70. The highest BCUT2D eigenvalue weighted by Gasteiger charge is 2.10. The van der Waals surface area contributed by atoms with Crippen molar-refractivity contribution in [1.29, 1.82) is 0 Å². The predicted octanol–water partition coefficient (Wildman–Crippen LogP) is 2.73. The molecule has 1 aromatic rings. The van der Waals surface area contributed by atoms with Crippen molar-refractivity contribution in [1.82, 2.24) is 0 Å². The van der Waals surface area contributed by atoms with Gasteiger partial charge in [-0.1, -0.05) is 38.1 Å². The van der Waals surface area contributed by atoms with Crippen LogP contribution < -0.4 is 0 Å². The SMILES string of the molecule is CC(=O)c1ccc(C(=O)C(C)C)cc1. The Balaban J connectivity index is 2.94. The minimum absolute atomic E-state index is 0.00169. The number of rotatable bonds is 3. The van der Waals surface area contributed by atoms with Crippen molar-refractivity contribution >= 4 is 11.6 Å². The van der Waals surface area contributed by atoms with E-state index in [2.05, 4.69) is 0 Å². The Labute approximate surface area is 83.9 Å². The summed E-state index contributed by atoms with van der Waals surface area (Å²) in [5.74, 6) is 0.131. The lowest BCUT2D eigenvalue weighted by Crippen LogP contribution is -2.07. The van der Waals surface area contributed by atoms with Crippen LogP contribution in [0.1, 0.15) is 41.5 Å². The number of Topliss-reactive ketones (excluding diaryl/α,β-unsaturated/α-hetero) is 2. The van der Waals surface area contributed by atoms with Gasteiger partial charge in [0.15, 0.2) is 11.6 Å². The molecule has 0 amide bonds. The van der Waals surface area contributed by atoms with Gasteiger partial charge in [-0.2, -0.15) is 0 Å². The molecule has 1 rings (SSSR count). The van der Waals surface area contributed by atoms with Crippen LogP contribution >= 0.6 is 0 Å². The quantitative estimate of drug-likeness (QED) is 0.687. The lowest BCUT2D eigenvalue weighted by atomic mass is 9.99. The maximum absolute atomic E-state index is 11.5. The number of ketones is 2. The molecule has 74 valence electrons. The van der Waals surface area contributed by atoms with Crippen LogP contribution in [0.2, 0.25) is 0 Å². The number of hydrogen-bond acceptors (Lipinski definition) is 2. The fourth-order valence-corrected chi connectivity index (χ4v) is 1.20. The summed E-state index contributed by atoms with van der Waals surface area (Å²) in [6, 6.07) is 6.80. The van der Waals surface area contributed by atoms with Crippen molar-refractivity contribution in [3.63, 3.8) is 0 Å². The Kier molecular flexibility index (Phi) is 3.18. The summed E-state index contributed by atoms with van der Waals surface area (Å²) in [5.41, 5.74) is 1.32. The molecule has 0 saturated carbocycles. The van der Waals surface area contributed by atoms with Gasteiger partial charge in [-0.3, -0.25) is 9.59 Å². The number of carbonyl (C=O) groups excluding carboxylic acids is 2. The first-order valence-corrected chi connectivity index (χ1v) is 4.67. The Morgan fingerprint density at radius 3 is 1.79 bits per heavy atom. The van der Waals surface area contributed by atoms with Crippen LogP contribution in [0.4, 0.5) is 0 Å². The second-order valence-corrected chi connectivity index (χ2v) is 3.65. The molecule has 0 unspecified atom stereocenters. The summed E-state index contributed by atoms with van der Waals surface area (Å²) in [4.78, 5) is 22.5. The van der Waals surface area contributed by atoms with Gasteiger partial charge in [-0.15, -0.1) is 0 Å². The molecular formula is C12H14O2. The Morgan fingerprint density at radius 2 is 1.43 bits per heavy atom. The van der Waals surface area contributed by atoms with Crippen molar-refractivity contribution in [2.75, 3.05) is 0 Å². The highest BCUT2D eigenvalue weighted by Crippen LogP contribution is 2.10. The van der Waals surface area contributed by atoms with E-state index in [1.54, 1.807) is 24.3 Å². The topological polar surface area (TPSA) is 34.1 Å². The average molecular weight is 190 g/mol. The monoisotopic (exact) mass is 190 g/mol. The zero-order valence-corrected chi connectivity index (χ0v) is 8.70. The van der Waals surface area contributed by atoms with Crippen molar-refractivity contribution < 1.29 is 9.59 Å². The highest BCUT2D eigenvalue weighted by atomic mass is 16.1. The smallest absolute Gasteiger partial charge is 0.165 e. The molecule has 0 aromatic heterocycles. The fourth-order valence-electron chi connectivity index (χ4n) is 1.20. The third-order valence-electron chi connectivity index (χ3n) is 2.10. The van der Waals surface area contributed by atoms with E-state index in [0.29, 0.717) is 11.1 Å². The molecule has 2 heteroatoms. The summed E-state index contributed by atoms with van der Waals surface area (Å²) >= 11 is 0. The largest absolute Gasteiger partial charge is 0.295 e. The molecule has 1 aromatic carbocycles. The van der Waals surface area contributed by atoms with E-state index in [-0.39, 0.29) is 17.5 Å². The van der Waals surface area contributed by atoms with E-state index in [1.165, 1.54) is 6.92 Å². The summed E-state index contributed by atoms with van der Waals surface area (Å²) in [6.45, 7) is 5.24. The number of hydrogen-bond donors (Lipinski definition) is 0. The van der Waals surface area contributed by atoms with Crippen LogP contribution in [-0.2, 0) is 0 Å². The molecule has 0 bridgehead atoms. The van der Waals surface area contributed by atoms with Crippen LogP contribution in [0.5, 0.6) is 0 Å². The van der Waals surface area contributed by atoms with E-state index >= 15 is 0 Å². The molecule has 0 aliphatic heterocycles. The molecule has 0 saturated heterocycles. The summed E-state index contributed by atoms with van der Waals surface area (Å²) in [5, 5.41) is 0.